The van der Waals surface area contributed by atoms with E-state index in [1.807, 2.05) is 81.4 Å². The van der Waals surface area contributed by atoms with Crippen molar-refractivity contribution >= 4 is 5.95 Å². The Morgan fingerprint density at radius 3 is 1.63 bits per heavy atom. The van der Waals surface area contributed by atoms with Gasteiger partial charge in [-0.3, -0.25) is 0 Å². The Balaban J connectivity index is 2.05. The zero-order valence-electron chi connectivity index (χ0n) is 16.1. The topological polar surface area (TPSA) is 60.4 Å². The highest BCUT2D eigenvalue weighted by Gasteiger charge is 2.15. The molecule has 0 aliphatic heterocycles. The molecule has 0 saturated heterocycles. The smallest absolute Gasteiger partial charge is 0.245 e. The van der Waals surface area contributed by atoms with Gasteiger partial charge < -0.3 is 14.4 Å². The molecule has 3 aromatic rings. The van der Waals surface area contributed by atoms with Crippen molar-refractivity contribution < 1.29 is 9.47 Å². The van der Waals surface area contributed by atoms with Gasteiger partial charge in [-0.1, -0.05) is 0 Å². The van der Waals surface area contributed by atoms with Gasteiger partial charge in [-0.05, 0) is 62.4 Å². The third-order valence-electron chi connectivity index (χ3n) is 3.95. The van der Waals surface area contributed by atoms with Crippen LogP contribution >= 0.6 is 0 Å². The summed E-state index contributed by atoms with van der Waals surface area (Å²) in [7, 11) is 3.80. The normalized spacial score (nSPS) is 10.5. The molecule has 0 bridgehead atoms. The number of nitrogens with zero attached hydrogens (tertiary/aromatic N) is 4. The summed E-state index contributed by atoms with van der Waals surface area (Å²) in [6.45, 7) is 5.20. The summed E-state index contributed by atoms with van der Waals surface area (Å²) in [5.74, 6) is 2.22. The molecule has 0 atom stereocenters. The predicted octanol–water partition coefficient (Wildman–Crippen LogP) is 4.07. The molecule has 0 fully saturated rings. The first-order valence-corrected chi connectivity index (χ1v) is 9.01. The first kappa shape index (κ1) is 18.6. The maximum atomic E-state index is 5.54. The summed E-state index contributed by atoms with van der Waals surface area (Å²) in [5.41, 5.74) is 3.40. The van der Waals surface area contributed by atoms with Gasteiger partial charge in [-0.2, -0.15) is 0 Å². The Morgan fingerprint density at radius 2 is 1.19 bits per heavy atom. The van der Waals surface area contributed by atoms with Crippen molar-refractivity contribution in [2.24, 2.45) is 0 Å². The number of benzene rings is 2. The van der Waals surface area contributed by atoms with Crippen molar-refractivity contribution in [3.05, 3.63) is 48.5 Å². The molecule has 6 heteroatoms. The van der Waals surface area contributed by atoms with E-state index < -0.39 is 0 Å². The summed E-state index contributed by atoms with van der Waals surface area (Å²) in [6, 6.07) is 15.7. The van der Waals surface area contributed by atoms with Crippen LogP contribution in [0.4, 0.5) is 5.95 Å². The van der Waals surface area contributed by atoms with Crippen molar-refractivity contribution in [2.45, 2.75) is 13.8 Å². The Bertz CT molecular complexity index is 878. The lowest BCUT2D eigenvalue weighted by Crippen LogP contribution is -2.14. The van der Waals surface area contributed by atoms with E-state index in [-0.39, 0.29) is 0 Å². The van der Waals surface area contributed by atoms with Gasteiger partial charge in [0.15, 0.2) is 0 Å². The van der Waals surface area contributed by atoms with Crippen LogP contribution in [0.1, 0.15) is 13.8 Å². The molecule has 2 aromatic carbocycles. The molecular formula is C21H24N4O2. The predicted molar refractivity (Wildman–Crippen MR) is 107 cm³/mol. The zero-order chi connectivity index (χ0) is 19.2. The van der Waals surface area contributed by atoms with E-state index in [4.69, 9.17) is 14.5 Å². The molecule has 6 nitrogen and oxygen atoms in total. The Morgan fingerprint density at radius 1 is 0.704 bits per heavy atom. The number of aromatic nitrogens is 3. The van der Waals surface area contributed by atoms with Gasteiger partial charge in [-0.25, -0.2) is 4.98 Å². The largest absolute Gasteiger partial charge is 0.494 e. The van der Waals surface area contributed by atoms with Crippen molar-refractivity contribution in [2.75, 3.05) is 32.2 Å². The highest BCUT2D eigenvalue weighted by atomic mass is 16.5. The molecule has 140 valence electrons. The number of hydrogen-bond acceptors (Lipinski definition) is 6. The van der Waals surface area contributed by atoms with Crippen LogP contribution in [-0.4, -0.2) is 42.5 Å². The molecule has 0 unspecified atom stereocenters. The molecular weight excluding hydrogens is 340 g/mol. The number of hydrogen-bond donors (Lipinski definition) is 0. The molecule has 0 saturated carbocycles. The first-order chi connectivity index (χ1) is 13.1. The molecule has 0 aliphatic rings. The number of ether oxygens (including phenoxy) is 2. The second-order valence-corrected chi connectivity index (χ2v) is 6.12. The van der Waals surface area contributed by atoms with E-state index in [0.29, 0.717) is 19.2 Å². The highest BCUT2D eigenvalue weighted by molar-refractivity contribution is 5.78. The lowest BCUT2D eigenvalue weighted by molar-refractivity contribution is 0.340. The monoisotopic (exact) mass is 364 g/mol. The summed E-state index contributed by atoms with van der Waals surface area (Å²) >= 11 is 0. The fourth-order valence-electron chi connectivity index (χ4n) is 2.65. The summed E-state index contributed by atoms with van der Waals surface area (Å²) in [5, 5.41) is 8.71. The van der Waals surface area contributed by atoms with Crippen molar-refractivity contribution in [3.8, 4) is 34.0 Å². The second kappa shape index (κ2) is 8.49. The van der Waals surface area contributed by atoms with Gasteiger partial charge in [0.25, 0.3) is 0 Å². The number of rotatable bonds is 7. The molecule has 1 aromatic heterocycles. The van der Waals surface area contributed by atoms with E-state index in [0.717, 1.165) is 34.0 Å². The molecule has 0 radical (unpaired) electrons. The van der Waals surface area contributed by atoms with Crippen LogP contribution in [0.5, 0.6) is 11.5 Å². The maximum Gasteiger partial charge on any atom is 0.245 e. The third kappa shape index (κ3) is 4.34. The highest BCUT2D eigenvalue weighted by Crippen LogP contribution is 2.31. The van der Waals surface area contributed by atoms with Crippen LogP contribution in [0.15, 0.2) is 48.5 Å². The quantitative estimate of drug-likeness (QED) is 0.630. The van der Waals surface area contributed by atoms with Crippen LogP contribution in [0, 0.1) is 0 Å². The van der Waals surface area contributed by atoms with E-state index in [1.54, 1.807) is 0 Å². The Labute approximate surface area is 159 Å². The SMILES string of the molecule is CCOc1ccc(-c2nnc(N(C)C)nc2-c2ccc(OCC)cc2)cc1. The molecule has 0 spiro atoms. The summed E-state index contributed by atoms with van der Waals surface area (Å²) in [4.78, 5) is 6.57. The minimum absolute atomic E-state index is 0.563. The maximum absolute atomic E-state index is 5.54. The lowest BCUT2D eigenvalue weighted by atomic mass is 10.0. The van der Waals surface area contributed by atoms with Crippen molar-refractivity contribution in [3.63, 3.8) is 0 Å². The fourth-order valence-corrected chi connectivity index (χ4v) is 2.65. The minimum atomic E-state index is 0.563. The minimum Gasteiger partial charge on any atom is -0.494 e. The van der Waals surface area contributed by atoms with E-state index in [9.17, 15) is 0 Å². The van der Waals surface area contributed by atoms with Gasteiger partial charge in [0.2, 0.25) is 5.95 Å². The van der Waals surface area contributed by atoms with Gasteiger partial charge in [0.1, 0.15) is 22.9 Å². The first-order valence-electron chi connectivity index (χ1n) is 9.01. The summed E-state index contributed by atoms with van der Waals surface area (Å²) in [6.07, 6.45) is 0. The van der Waals surface area contributed by atoms with E-state index in [2.05, 4.69) is 10.2 Å². The van der Waals surface area contributed by atoms with Crippen LogP contribution in [0.25, 0.3) is 22.5 Å². The van der Waals surface area contributed by atoms with Crippen molar-refractivity contribution in [1.29, 1.82) is 0 Å². The van der Waals surface area contributed by atoms with Gasteiger partial charge >= 0.3 is 0 Å². The molecule has 3 rings (SSSR count). The van der Waals surface area contributed by atoms with Crippen molar-refractivity contribution in [1.82, 2.24) is 15.2 Å². The molecule has 0 aliphatic carbocycles. The average molecular weight is 364 g/mol. The molecule has 1 heterocycles. The third-order valence-corrected chi connectivity index (χ3v) is 3.95. The average Bonchev–Trinajstić information content (AvgIpc) is 2.69. The van der Waals surface area contributed by atoms with Crippen LogP contribution in [-0.2, 0) is 0 Å². The van der Waals surface area contributed by atoms with E-state index >= 15 is 0 Å². The fraction of sp³-hybridized carbons (Fsp3) is 0.286. The van der Waals surface area contributed by atoms with Crippen LogP contribution in [0.2, 0.25) is 0 Å². The lowest BCUT2D eigenvalue weighted by Gasteiger charge is -2.14. The van der Waals surface area contributed by atoms with Crippen LogP contribution < -0.4 is 14.4 Å². The van der Waals surface area contributed by atoms with Gasteiger partial charge in [0.05, 0.1) is 13.2 Å². The Kier molecular flexibility index (Phi) is 5.86. The second-order valence-electron chi connectivity index (χ2n) is 6.12. The zero-order valence-corrected chi connectivity index (χ0v) is 16.1. The molecule has 0 N–H and O–H groups in total. The van der Waals surface area contributed by atoms with Crippen LogP contribution in [0.3, 0.4) is 0 Å². The molecule has 0 amide bonds. The Hall–Kier alpha value is -3.15. The van der Waals surface area contributed by atoms with E-state index in [1.165, 1.54) is 0 Å². The number of anilines is 1. The van der Waals surface area contributed by atoms with Gasteiger partial charge in [-0.15, -0.1) is 10.2 Å². The van der Waals surface area contributed by atoms with Gasteiger partial charge in [0, 0.05) is 25.2 Å². The summed E-state index contributed by atoms with van der Waals surface area (Å²) < 4.78 is 11.1. The molecule has 27 heavy (non-hydrogen) atoms. The standard InChI is InChI=1S/C21H24N4O2/c1-5-26-17-11-7-15(8-12-17)19-20(23-24-21(22-19)25(3)4)16-9-13-18(14-10-16)27-6-2/h7-14H,5-6H2,1-4H3.